The number of ether oxygens (including phenoxy) is 1. The van der Waals surface area contributed by atoms with Crippen LogP contribution in [0.25, 0.3) is 0 Å². The van der Waals surface area contributed by atoms with E-state index in [4.69, 9.17) is 4.74 Å². The fraction of sp³-hybridized carbons (Fsp3) is 0.542. The van der Waals surface area contributed by atoms with Gasteiger partial charge in [-0.3, -0.25) is 14.5 Å². The number of carbonyl (C=O) groups excluding carboxylic acids is 2. The molecule has 0 N–H and O–H groups in total. The Morgan fingerprint density at radius 2 is 1.68 bits per heavy atom. The summed E-state index contributed by atoms with van der Waals surface area (Å²) in [5, 5.41) is 3.23. The predicted molar refractivity (Wildman–Crippen MR) is 121 cm³/mol. The van der Waals surface area contributed by atoms with Crippen molar-refractivity contribution in [2.75, 3.05) is 33.3 Å². The Bertz CT molecular complexity index is 895. The Balaban J connectivity index is 1.23. The lowest BCUT2D eigenvalue weighted by Crippen LogP contribution is -2.46. The molecule has 7 heteroatoms. The van der Waals surface area contributed by atoms with E-state index in [0.717, 1.165) is 67.3 Å². The van der Waals surface area contributed by atoms with Crippen LogP contribution in [0.3, 0.4) is 0 Å². The summed E-state index contributed by atoms with van der Waals surface area (Å²) >= 11 is 1.69. The highest BCUT2D eigenvalue weighted by Gasteiger charge is 2.33. The Morgan fingerprint density at radius 3 is 2.26 bits per heavy atom. The van der Waals surface area contributed by atoms with Crippen LogP contribution in [0.2, 0.25) is 0 Å². The van der Waals surface area contributed by atoms with Crippen molar-refractivity contribution >= 4 is 23.0 Å². The quantitative estimate of drug-likeness (QED) is 0.638. The van der Waals surface area contributed by atoms with Gasteiger partial charge >= 0.3 is 0 Å². The van der Waals surface area contributed by atoms with E-state index in [1.54, 1.807) is 18.4 Å². The number of piperidine rings is 2. The molecule has 2 aliphatic heterocycles. The number of aromatic nitrogens is 1. The van der Waals surface area contributed by atoms with Gasteiger partial charge in [0.25, 0.3) is 0 Å². The predicted octanol–water partition coefficient (Wildman–Crippen LogP) is 3.79. The molecule has 0 spiro atoms. The Kier molecular flexibility index (Phi) is 7.02. The first-order valence-electron chi connectivity index (χ1n) is 11.1. The zero-order valence-electron chi connectivity index (χ0n) is 18.4. The minimum atomic E-state index is 0.000796. The molecule has 1 aromatic heterocycles. The van der Waals surface area contributed by atoms with Gasteiger partial charge in [-0.1, -0.05) is 0 Å². The molecule has 0 atom stereocenters. The number of methoxy groups -OCH3 is 1. The topological polar surface area (TPSA) is 62.7 Å². The van der Waals surface area contributed by atoms with E-state index in [-0.39, 0.29) is 23.5 Å². The number of aryl methyl sites for hydroxylation is 1. The summed E-state index contributed by atoms with van der Waals surface area (Å²) in [5.41, 5.74) is 1.86. The van der Waals surface area contributed by atoms with Crippen LogP contribution in [0.15, 0.2) is 29.6 Å². The van der Waals surface area contributed by atoms with Crippen LogP contribution >= 0.6 is 11.3 Å². The number of Topliss-reactive ketones (excluding diaryl/α,β-unsaturated/α-hetero) is 1. The second kappa shape index (κ2) is 9.92. The molecule has 1 aromatic carbocycles. The number of benzene rings is 1. The largest absolute Gasteiger partial charge is 0.497 e. The second-order valence-corrected chi connectivity index (χ2v) is 9.66. The van der Waals surface area contributed by atoms with Gasteiger partial charge in [-0.15, -0.1) is 11.3 Å². The normalized spacial score (nSPS) is 18.8. The van der Waals surface area contributed by atoms with Crippen molar-refractivity contribution in [2.24, 2.45) is 11.8 Å². The molecule has 4 rings (SSSR count). The molecule has 2 saturated heterocycles. The van der Waals surface area contributed by atoms with Gasteiger partial charge in [0.1, 0.15) is 5.75 Å². The highest BCUT2D eigenvalue weighted by Crippen LogP contribution is 2.27. The molecule has 2 aliphatic rings. The van der Waals surface area contributed by atoms with E-state index < -0.39 is 0 Å². The van der Waals surface area contributed by atoms with Crippen molar-refractivity contribution in [2.45, 2.75) is 39.2 Å². The van der Waals surface area contributed by atoms with Gasteiger partial charge in [-0.05, 0) is 70.0 Å². The summed E-state index contributed by atoms with van der Waals surface area (Å²) in [7, 11) is 1.62. The lowest BCUT2D eigenvalue weighted by Gasteiger charge is -2.37. The maximum absolute atomic E-state index is 13.0. The molecule has 31 heavy (non-hydrogen) atoms. The molecule has 1 amide bonds. The number of hydrogen-bond donors (Lipinski definition) is 0. The molecule has 0 aliphatic carbocycles. The van der Waals surface area contributed by atoms with Gasteiger partial charge < -0.3 is 9.64 Å². The van der Waals surface area contributed by atoms with Crippen molar-refractivity contribution in [3.05, 3.63) is 45.9 Å². The average Bonchev–Trinajstić information content (AvgIpc) is 3.23. The van der Waals surface area contributed by atoms with Gasteiger partial charge in [0.15, 0.2) is 5.78 Å². The number of carbonyl (C=O) groups is 2. The Labute approximate surface area is 188 Å². The number of likely N-dealkylation sites (tertiary alicyclic amines) is 2. The third-order valence-electron chi connectivity index (χ3n) is 6.54. The van der Waals surface area contributed by atoms with E-state index in [9.17, 15) is 9.59 Å². The van der Waals surface area contributed by atoms with Gasteiger partial charge in [-0.2, -0.15) is 0 Å². The van der Waals surface area contributed by atoms with Crippen molar-refractivity contribution in [3.63, 3.8) is 0 Å². The van der Waals surface area contributed by atoms with Gasteiger partial charge in [0.05, 0.1) is 17.8 Å². The fourth-order valence-electron chi connectivity index (χ4n) is 4.66. The molecule has 2 aromatic rings. The molecule has 0 radical (unpaired) electrons. The molecule has 6 nitrogen and oxygen atoms in total. The molecule has 3 heterocycles. The number of rotatable bonds is 6. The summed E-state index contributed by atoms with van der Waals surface area (Å²) in [5.74, 6) is 1.33. The van der Waals surface area contributed by atoms with Gasteiger partial charge in [0.2, 0.25) is 5.91 Å². The summed E-state index contributed by atoms with van der Waals surface area (Å²) in [4.78, 5) is 34.8. The van der Waals surface area contributed by atoms with Crippen molar-refractivity contribution < 1.29 is 14.3 Å². The number of thiazole rings is 1. The fourth-order valence-corrected chi connectivity index (χ4v) is 5.26. The van der Waals surface area contributed by atoms with E-state index in [0.29, 0.717) is 13.1 Å². The monoisotopic (exact) mass is 441 g/mol. The smallest absolute Gasteiger partial charge is 0.225 e. The van der Waals surface area contributed by atoms with Crippen LogP contribution < -0.4 is 4.74 Å². The third-order valence-corrected chi connectivity index (χ3v) is 7.36. The first kappa shape index (κ1) is 22.0. The van der Waals surface area contributed by atoms with E-state index in [2.05, 4.69) is 15.3 Å². The zero-order valence-corrected chi connectivity index (χ0v) is 19.2. The standard InChI is InChI=1S/C24H31N3O3S/c1-17-25-21(16-31-17)15-26-11-7-20(8-12-26)24(29)27-13-9-19(10-14-27)23(28)18-3-5-22(30-2)6-4-18/h3-6,16,19-20H,7-15H2,1-2H3. The summed E-state index contributed by atoms with van der Waals surface area (Å²) < 4.78 is 5.17. The molecule has 0 unspecified atom stereocenters. The number of amides is 1. The number of ketones is 1. The average molecular weight is 442 g/mol. The van der Waals surface area contributed by atoms with Crippen LogP contribution in [0.1, 0.15) is 46.7 Å². The zero-order chi connectivity index (χ0) is 21.8. The van der Waals surface area contributed by atoms with Crippen LogP contribution in [-0.2, 0) is 11.3 Å². The van der Waals surface area contributed by atoms with Crippen LogP contribution in [-0.4, -0.2) is 59.8 Å². The maximum Gasteiger partial charge on any atom is 0.225 e. The van der Waals surface area contributed by atoms with Crippen LogP contribution in [0.4, 0.5) is 0 Å². The van der Waals surface area contributed by atoms with E-state index in [1.165, 1.54) is 0 Å². The van der Waals surface area contributed by atoms with Gasteiger partial charge in [0, 0.05) is 42.4 Å². The second-order valence-electron chi connectivity index (χ2n) is 8.60. The molecule has 166 valence electrons. The van der Waals surface area contributed by atoms with Crippen molar-refractivity contribution in [1.29, 1.82) is 0 Å². The number of nitrogens with zero attached hydrogens (tertiary/aromatic N) is 3. The molecule has 0 saturated carbocycles. The highest BCUT2D eigenvalue weighted by molar-refractivity contribution is 7.09. The summed E-state index contributed by atoms with van der Waals surface area (Å²) in [6.45, 7) is 6.17. The van der Waals surface area contributed by atoms with E-state index >= 15 is 0 Å². The van der Waals surface area contributed by atoms with Crippen LogP contribution in [0.5, 0.6) is 5.75 Å². The van der Waals surface area contributed by atoms with Crippen molar-refractivity contribution in [1.82, 2.24) is 14.8 Å². The van der Waals surface area contributed by atoms with Crippen LogP contribution in [0, 0.1) is 18.8 Å². The molecular weight excluding hydrogens is 410 g/mol. The lowest BCUT2D eigenvalue weighted by molar-refractivity contribution is -0.138. The SMILES string of the molecule is COc1ccc(C(=O)C2CCN(C(=O)C3CCN(Cc4csc(C)n4)CC3)CC2)cc1. The summed E-state index contributed by atoms with van der Waals surface area (Å²) in [6.07, 6.45) is 3.32. The molecule has 2 fully saturated rings. The highest BCUT2D eigenvalue weighted by atomic mass is 32.1. The first-order valence-corrected chi connectivity index (χ1v) is 12.0. The minimum Gasteiger partial charge on any atom is -0.497 e. The Morgan fingerprint density at radius 1 is 1.03 bits per heavy atom. The Hall–Kier alpha value is -2.25. The summed E-state index contributed by atoms with van der Waals surface area (Å²) in [6, 6.07) is 7.32. The van der Waals surface area contributed by atoms with Gasteiger partial charge in [-0.25, -0.2) is 4.98 Å². The molecular formula is C24H31N3O3S. The van der Waals surface area contributed by atoms with E-state index in [1.807, 2.05) is 36.1 Å². The first-order chi connectivity index (χ1) is 15.0. The third kappa shape index (κ3) is 5.33. The molecule has 0 bridgehead atoms. The lowest BCUT2D eigenvalue weighted by atomic mass is 9.87. The number of hydrogen-bond acceptors (Lipinski definition) is 6. The van der Waals surface area contributed by atoms with Crippen molar-refractivity contribution in [3.8, 4) is 5.75 Å². The minimum absolute atomic E-state index is 0.000796. The maximum atomic E-state index is 13.0.